The minimum atomic E-state index is -0.864. The van der Waals surface area contributed by atoms with Crippen LogP contribution in [0.15, 0.2) is 0 Å². The molecule has 1 aliphatic heterocycles. The van der Waals surface area contributed by atoms with Crippen LogP contribution in [0.2, 0.25) is 0 Å². The predicted octanol–water partition coefficient (Wildman–Crippen LogP) is 2.20. The summed E-state index contributed by atoms with van der Waals surface area (Å²) in [5.74, 6) is 0.393. The van der Waals surface area contributed by atoms with E-state index in [4.69, 9.17) is 4.74 Å². The van der Waals surface area contributed by atoms with Gasteiger partial charge in [-0.15, -0.1) is 0 Å². The van der Waals surface area contributed by atoms with Crippen LogP contribution in [0.3, 0.4) is 0 Å². The fraction of sp³-hybridized carbons (Fsp3) is 0.857. The van der Waals surface area contributed by atoms with Gasteiger partial charge in [-0.1, -0.05) is 13.8 Å². The molecule has 0 bridgehead atoms. The molecule has 4 heteroatoms. The molecule has 1 amide bonds. The van der Waals surface area contributed by atoms with Crippen LogP contribution in [0.4, 0.5) is 0 Å². The molecule has 0 unspecified atom stereocenters. The molecule has 1 rings (SSSR count). The highest BCUT2D eigenvalue weighted by molar-refractivity contribution is 5.85. The molecule has 1 aliphatic rings. The van der Waals surface area contributed by atoms with Crippen molar-refractivity contribution in [3.63, 3.8) is 0 Å². The Balaban J connectivity index is 2.89. The first-order valence-corrected chi connectivity index (χ1v) is 6.73. The molecule has 0 N–H and O–H groups in total. The molecule has 18 heavy (non-hydrogen) atoms. The second-order valence-corrected chi connectivity index (χ2v) is 5.75. The minimum absolute atomic E-state index is 0.0167. The van der Waals surface area contributed by atoms with E-state index in [1.54, 1.807) is 0 Å². The van der Waals surface area contributed by atoms with Crippen LogP contribution < -0.4 is 0 Å². The van der Waals surface area contributed by atoms with Crippen molar-refractivity contribution in [3.05, 3.63) is 0 Å². The number of carbonyl (C=O) groups is 1. The number of rotatable bonds is 4. The fourth-order valence-electron chi connectivity index (χ4n) is 2.29. The first-order valence-electron chi connectivity index (χ1n) is 6.73. The summed E-state index contributed by atoms with van der Waals surface area (Å²) < 4.78 is 5.28. The predicted molar refractivity (Wildman–Crippen MR) is 69.8 cm³/mol. The zero-order chi connectivity index (χ0) is 13.8. The lowest BCUT2D eigenvalue weighted by Crippen LogP contribution is -2.50. The molecule has 0 radical (unpaired) electrons. The van der Waals surface area contributed by atoms with Crippen molar-refractivity contribution in [1.82, 2.24) is 4.90 Å². The third-order valence-corrected chi connectivity index (χ3v) is 3.42. The quantitative estimate of drug-likeness (QED) is 0.770. The van der Waals surface area contributed by atoms with Gasteiger partial charge in [0.2, 0.25) is 5.91 Å². The van der Waals surface area contributed by atoms with Crippen molar-refractivity contribution in [2.24, 2.45) is 11.3 Å². The first-order chi connectivity index (χ1) is 8.43. The van der Waals surface area contributed by atoms with E-state index in [1.807, 2.05) is 18.7 Å². The Bertz CT molecular complexity index is 325. The van der Waals surface area contributed by atoms with Gasteiger partial charge in [0.25, 0.3) is 0 Å². The Kier molecular flexibility index (Phi) is 5.15. The van der Waals surface area contributed by atoms with Gasteiger partial charge in [-0.3, -0.25) is 4.79 Å². The standard InChI is InChI=1S/C14H24N2O2/c1-11(2)9-16(12(3)4)13(17)14(10-15)5-7-18-8-6-14/h11-12H,5-9H2,1-4H3. The van der Waals surface area contributed by atoms with Gasteiger partial charge in [-0.25, -0.2) is 0 Å². The summed E-state index contributed by atoms with van der Waals surface area (Å²) in [4.78, 5) is 14.5. The monoisotopic (exact) mass is 252 g/mol. The molecule has 102 valence electrons. The molecule has 1 fully saturated rings. The van der Waals surface area contributed by atoms with Crippen LogP contribution in [0.1, 0.15) is 40.5 Å². The van der Waals surface area contributed by atoms with Crippen LogP contribution >= 0.6 is 0 Å². The van der Waals surface area contributed by atoms with Gasteiger partial charge >= 0.3 is 0 Å². The summed E-state index contributed by atoms with van der Waals surface area (Å²) in [6.07, 6.45) is 1.04. The van der Waals surface area contributed by atoms with Crippen LogP contribution in [0.5, 0.6) is 0 Å². The van der Waals surface area contributed by atoms with Crippen molar-refractivity contribution in [2.75, 3.05) is 19.8 Å². The highest BCUT2D eigenvalue weighted by Gasteiger charge is 2.43. The van der Waals surface area contributed by atoms with E-state index in [2.05, 4.69) is 19.9 Å². The summed E-state index contributed by atoms with van der Waals surface area (Å²) in [5, 5.41) is 9.42. The fourth-order valence-corrected chi connectivity index (χ4v) is 2.29. The number of hydrogen-bond acceptors (Lipinski definition) is 3. The van der Waals surface area contributed by atoms with E-state index in [0.717, 1.165) is 0 Å². The van der Waals surface area contributed by atoms with Gasteiger partial charge in [0.1, 0.15) is 5.41 Å². The largest absolute Gasteiger partial charge is 0.381 e. The van der Waals surface area contributed by atoms with Crippen molar-refractivity contribution in [3.8, 4) is 6.07 Å². The summed E-state index contributed by atoms with van der Waals surface area (Å²) >= 11 is 0. The van der Waals surface area contributed by atoms with Gasteiger partial charge in [0.05, 0.1) is 6.07 Å². The van der Waals surface area contributed by atoms with E-state index < -0.39 is 5.41 Å². The summed E-state index contributed by atoms with van der Waals surface area (Å²) in [5.41, 5.74) is -0.864. The van der Waals surface area contributed by atoms with E-state index in [1.165, 1.54) is 0 Å². The van der Waals surface area contributed by atoms with Gasteiger partial charge in [0, 0.05) is 25.8 Å². The lowest BCUT2D eigenvalue weighted by atomic mass is 9.80. The molecule has 1 saturated heterocycles. The molecular formula is C14H24N2O2. The number of carbonyl (C=O) groups excluding carboxylic acids is 1. The molecular weight excluding hydrogens is 228 g/mol. The Morgan fingerprint density at radius 3 is 2.28 bits per heavy atom. The average Bonchev–Trinajstić information content (AvgIpc) is 2.35. The lowest BCUT2D eigenvalue weighted by Gasteiger charge is -2.37. The summed E-state index contributed by atoms with van der Waals surface area (Å²) in [6, 6.07) is 2.39. The molecule has 0 aromatic heterocycles. The molecule has 0 atom stereocenters. The van der Waals surface area contributed by atoms with E-state index in [0.29, 0.717) is 38.5 Å². The Morgan fingerprint density at radius 2 is 1.89 bits per heavy atom. The maximum absolute atomic E-state index is 12.7. The molecule has 0 aromatic rings. The van der Waals surface area contributed by atoms with Crippen LogP contribution in [-0.2, 0) is 9.53 Å². The number of hydrogen-bond donors (Lipinski definition) is 0. The van der Waals surface area contributed by atoms with Crippen molar-refractivity contribution in [1.29, 1.82) is 5.26 Å². The SMILES string of the molecule is CC(C)CN(C(=O)C1(C#N)CCOCC1)C(C)C. The second-order valence-electron chi connectivity index (χ2n) is 5.75. The van der Waals surface area contributed by atoms with Crippen LogP contribution in [0, 0.1) is 22.7 Å². The third kappa shape index (κ3) is 3.23. The van der Waals surface area contributed by atoms with Gasteiger partial charge in [-0.2, -0.15) is 5.26 Å². The van der Waals surface area contributed by atoms with Crippen LogP contribution in [0.25, 0.3) is 0 Å². The summed E-state index contributed by atoms with van der Waals surface area (Å²) in [7, 11) is 0. The number of nitriles is 1. The van der Waals surface area contributed by atoms with Crippen molar-refractivity contribution < 1.29 is 9.53 Å². The van der Waals surface area contributed by atoms with Crippen LogP contribution in [-0.4, -0.2) is 36.6 Å². The smallest absolute Gasteiger partial charge is 0.243 e. The number of nitrogens with zero attached hydrogens (tertiary/aromatic N) is 2. The Labute approximate surface area is 110 Å². The second kappa shape index (κ2) is 6.19. The molecule has 0 spiro atoms. The van der Waals surface area contributed by atoms with E-state index >= 15 is 0 Å². The highest BCUT2D eigenvalue weighted by Crippen LogP contribution is 2.32. The zero-order valence-corrected chi connectivity index (χ0v) is 11.9. The van der Waals surface area contributed by atoms with Gasteiger partial charge < -0.3 is 9.64 Å². The van der Waals surface area contributed by atoms with Gasteiger partial charge in [0.15, 0.2) is 0 Å². The topological polar surface area (TPSA) is 53.3 Å². The molecule has 0 aromatic carbocycles. The maximum Gasteiger partial charge on any atom is 0.243 e. The molecule has 0 aliphatic carbocycles. The molecule has 4 nitrogen and oxygen atoms in total. The average molecular weight is 252 g/mol. The summed E-state index contributed by atoms with van der Waals surface area (Å²) in [6.45, 7) is 9.91. The Hall–Kier alpha value is -1.08. The van der Waals surface area contributed by atoms with E-state index in [-0.39, 0.29) is 11.9 Å². The Morgan fingerprint density at radius 1 is 1.33 bits per heavy atom. The minimum Gasteiger partial charge on any atom is -0.381 e. The van der Waals surface area contributed by atoms with E-state index in [9.17, 15) is 10.1 Å². The number of amides is 1. The highest BCUT2D eigenvalue weighted by atomic mass is 16.5. The van der Waals surface area contributed by atoms with Gasteiger partial charge in [-0.05, 0) is 32.6 Å². The lowest BCUT2D eigenvalue weighted by molar-refractivity contribution is -0.145. The van der Waals surface area contributed by atoms with Crippen molar-refractivity contribution in [2.45, 2.75) is 46.6 Å². The number of ether oxygens (including phenoxy) is 1. The molecule has 0 saturated carbocycles. The first kappa shape index (κ1) is 15.0. The normalized spacial score (nSPS) is 18.7. The van der Waals surface area contributed by atoms with Crippen molar-refractivity contribution >= 4 is 5.91 Å². The molecule has 1 heterocycles. The maximum atomic E-state index is 12.7. The third-order valence-electron chi connectivity index (χ3n) is 3.42. The zero-order valence-electron chi connectivity index (χ0n) is 11.9.